The zero-order valence-electron chi connectivity index (χ0n) is 18.9. The number of likely N-dealkylation sites (tertiary alicyclic amines) is 1. The molecule has 7 nitrogen and oxygen atoms in total. The van der Waals surface area contributed by atoms with Gasteiger partial charge < -0.3 is 10.5 Å². The predicted octanol–water partition coefficient (Wildman–Crippen LogP) is 4.20. The summed E-state index contributed by atoms with van der Waals surface area (Å²) in [7, 11) is 0. The minimum atomic E-state index is -0.929. The lowest BCUT2D eigenvalue weighted by Gasteiger charge is -2.41. The zero-order valence-corrected chi connectivity index (χ0v) is 19.7. The quantitative estimate of drug-likeness (QED) is 0.429. The molecule has 33 heavy (non-hydrogen) atoms. The fraction of sp³-hybridized carbons (Fsp3) is 0.458. The number of nitro benzene ring substituents is 1. The van der Waals surface area contributed by atoms with Gasteiger partial charge in [-0.05, 0) is 82.1 Å². The minimum Gasteiger partial charge on any atom is -0.492 e. The van der Waals surface area contributed by atoms with Crippen molar-refractivity contribution in [1.82, 2.24) is 4.90 Å². The molecule has 1 saturated heterocycles. The Bertz CT molecular complexity index is 1040. The van der Waals surface area contributed by atoms with E-state index in [0.717, 1.165) is 17.2 Å². The molecule has 0 unspecified atom stereocenters. The molecule has 0 saturated carbocycles. The number of aryl methyl sites for hydroxylation is 1. The number of ether oxygens (including phenoxy) is 1. The summed E-state index contributed by atoms with van der Waals surface area (Å²) in [5.41, 5.74) is 6.67. The van der Waals surface area contributed by atoms with Gasteiger partial charge in [0, 0.05) is 23.2 Å². The molecule has 0 spiro atoms. The molecule has 1 aliphatic rings. The molecule has 2 aromatic carbocycles. The lowest BCUT2D eigenvalue weighted by Crippen LogP contribution is -2.47. The van der Waals surface area contributed by atoms with Gasteiger partial charge in [-0.3, -0.25) is 19.8 Å². The minimum absolute atomic E-state index is 0.137. The molecule has 0 radical (unpaired) electrons. The summed E-state index contributed by atoms with van der Waals surface area (Å²) in [4.78, 5) is 25.3. The fourth-order valence-corrected chi connectivity index (χ4v) is 4.81. The van der Waals surface area contributed by atoms with Gasteiger partial charge in [0.15, 0.2) is 0 Å². The van der Waals surface area contributed by atoms with Crippen molar-refractivity contribution in [2.45, 2.75) is 38.5 Å². The van der Waals surface area contributed by atoms with E-state index in [2.05, 4.69) is 4.90 Å². The van der Waals surface area contributed by atoms with Gasteiger partial charge in [-0.1, -0.05) is 17.7 Å². The summed E-state index contributed by atoms with van der Waals surface area (Å²) in [5, 5.41) is 11.8. The lowest BCUT2D eigenvalue weighted by molar-refractivity contribution is -0.388. The second-order valence-corrected chi connectivity index (χ2v) is 8.93. The average molecular weight is 478 g/mol. The summed E-state index contributed by atoms with van der Waals surface area (Å²) in [6.07, 6.45) is 1.54. The van der Waals surface area contributed by atoms with Gasteiger partial charge >= 0.3 is 5.69 Å². The number of carbonyl (C=O) groups excluding carboxylic acids is 1. The van der Waals surface area contributed by atoms with Crippen LogP contribution in [-0.2, 0) is 16.6 Å². The molecule has 0 aromatic heterocycles. The Balaban J connectivity index is 1.63. The van der Waals surface area contributed by atoms with E-state index in [1.165, 1.54) is 6.07 Å². The largest absolute Gasteiger partial charge is 0.492 e. The maximum absolute atomic E-state index is 14.2. The second-order valence-electron chi connectivity index (χ2n) is 8.50. The van der Waals surface area contributed by atoms with Gasteiger partial charge in [0.2, 0.25) is 5.82 Å². The van der Waals surface area contributed by atoms with Gasteiger partial charge in [0.25, 0.3) is 0 Å². The second kappa shape index (κ2) is 10.6. The normalized spacial score (nSPS) is 15.9. The van der Waals surface area contributed by atoms with Crippen LogP contribution in [0.4, 0.5) is 10.1 Å². The van der Waals surface area contributed by atoms with Crippen molar-refractivity contribution in [2.75, 3.05) is 32.8 Å². The van der Waals surface area contributed by atoms with Crippen molar-refractivity contribution in [2.24, 2.45) is 5.73 Å². The van der Waals surface area contributed by atoms with Crippen molar-refractivity contribution in [3.63, 3.8) is 0 Å². The van der Waals surface area contributed by atoms with Crippen LogP contribution in [0.15, 0.2) is 30.3 Å². The van der Waals surface area contributed by atoms with Crippen LogP contribution in [0.2, 0.25) is 5.02 Å². The standard InChI is InChI=1S/C24H29ClFN3O4/c1-16-3-4-19(25)14-21(16)24(17(2)30)6-9-28(10-7-24)11-12-33-20-13-18(5-8-27)23(29(31)32)22(26)15-20/h3-4,13-15H,5-12,27H2,1-2H3. The number of hydrogen-bond acceptors (Lipinski definition) is 6. The van der Waals surface area contributed by atoms with Crippen LogP contribution in [0.1, 0.15) is 36.5 Å². The topological polar surface area (TPSA) is 98.7 Å². The molecule has 1 aliphatic heterocycles. The first-order valence-electron chi connectivity index (χ1n) is 11.0. The van der Waals surface area contributed by atoms with Crippen LogP contribution in [0.3, 0.4) is 0 Å². The van der Waals surface area contributed by atoms with Crippen LogP contribution in [0, 0.1) is 22.9 Å². The summed E-state index contributed by atoms with van der Waals surface area (Å²) >= 11 is 6.22. The van der Waals surface area contributed by atoms with Gasteiger partial charge in [-0.25, -0.2) is 0 Å². The number of benzene rings is 2. The van der Waals surface area contributed by atoms with E-state index in [1.807, 2.05) is 25.1 Å². The molecular weight excluding hydrogens is 449 g/mol. The molecule has 3 rings (SSSR count). The predicted molar refractivity (Wildman–Crippen MR) is 126 cm³/mol. The van der Waals surface area contributed by atoms with Gasteiger partial charge in [0.1, 0.15) is 18.1 Å². The van der Waals surface area contributed by atoms with E-state index in [9.17, 15) is 19.3 Å². The van der Waals surface area contributed by atoms with Gasteiger partial charge in [-0.15, -0.1) is 0 Å². The first-order chi connectivity index (χ1) is 15.7. The highest BCUT2D eigenvalue weighted by molar-refractivity contribution is 6.30. The molecule has 2 aromatic rings. The summed E-state index contributed by atoms with van der Waals surface area (Å²) < 4.78 is 19.9. The number of nitrogens with zero attached hydrogens (tertiary/aromatic N) is 2. The van der Waals surface area contributed by atoms with E-state index in [-0.39, 0.29) is 30.1 Å². The van der Waals surface area contributed by atoms with E-state index in [4.69, 9.17) is 22.1 Å². The summed E-state index contributed by atoms with van der Waals surface area (Å²) in [5.74, 6) is -0.550. The van der Waals surface area contributed by atoms with Crippen LogP contribution in [0.5, 0.6) is 5.75 Å². The Hall–Kier alpha value is -2.55. The number of halogens is 2. The third-order valence-electron chi connectivity index (χ3n) is 6.49. The third-order valence-corrected chi connectivity index (χ3v) is 6.72. The smallest absolute Gasteiger partial charge is 0.308 e. The highest BCUT2D eigenvalue weighted by Gasteiger charge is 2.41. The number of carbonyl (C=O) groups is 1. The lowest BCUT2D eigenvalue weighted by atomic mass is 9.69. The van der Waals surface area contributed by atoms with Crippen LogP contribution >= 0.6 is 11.6 Å². The number of nitrogens with two attached hydrogens (primary N) is 1. The third kappa shape index (κ3) is 5.51. The van der Waals surface area contributed by atoms with E-state index >= 15 is 0 Å². The Morgan fingerprint density at radius 1 is 1.30 bits per heavy atom. The van der Waals surface area contributed by atoms with Crippen molar-refractivity contribution < 1.29 is 18.8 Å². The SMILES string of the molecule is CC(=O)C1(c2cc(Cl)ccc2C)CCN(CCOc2cc(F)c([N+](=O)[O-])c(CCN)c2)CC1. The van der Waals surface area contributed by atoms with Crippen LogP contribution in [-0.4, -0.2) is 48.4 Å². The molecule has 0 atom stereocenters. The maximum atomic E-state index is 14.2. The van der Waals surface area contributed by atoms with Gasteiger partial charge in [-0.2, -0.15) is 4.39 Å². The number of hydrogen-bond donors (Lipinski definition) is 1. The number of piperidine rings is 1. The molecule has 1 heterocycles. The van der Waals surface area contributed by atoms with E-state index in [1.54, 1.807) is 6.92 Å². The molecule has 178 valence electrons. The summed E-state index contributed by atoms with van der Waals surface area (Å²) in [6, 6.07) is 8.20. The molecule has 1 fully saturated rings. The first kappa shape index (κ1) is 25.1. The monoisotopic (exact) mass is 477 g/mol. The number of ketones is 1. The first-order valence-corrected chi connectivity index (χ1v) is 11.4. The molecule has 0 aliphatic carbocycles. The maximum Gasteiger partial charge on any atom is 0.308 e. The molecule has 0 bridgehead atoms. The Morgan fingerprint density at radius 2 is 2.00 bits per heavy atom. The van der Waals surface area contributed by atoms with E-state index in [0.29, 0.717) is 44.1 Å². The average Bonchev–Trinajstić information content (AvgIpc) is 2.75. The zero-order chi connectivity index (χ0) is 24.2. The van der Waals surface area contributed by atoms with Crippen LogP contribution < -0.4 is 10.5 Å². The van der Waals surface area contributed by atoms with Crippen molar-refractivity contribution in [3.8, 4) is 5.75 Å². The Morgan fingerprint density at radius 3 is 2.61 bits per heavy atom. The van der Waals surface area contributed by atoms with Gasteiger partial charge in [0.05, 0.1) is 10.3 Å². The molecule has 0 amide bonds. The number of nitro groups is 1. The highest BCUT2D eigenvalue weighted by Crippen LogP contribution is 2.39. The number of rotatable bonds is 9. The molecule has 9 heteroatoms. The fourth-order valence-electron chi connectivity index (χ4n) is 4.63. The summed E-state index contributed by atoms with van der Waals surface area (Å²) in [6.45, 7) is 6.11. The van der Waals surface area contributed by atoms with Crippen molar-refractivity contribution >= 4 is 23.1 Å². The molecular formula is C24H29ClFN3O4. The van der Waals surface area contributed by atoms with Crippen molar-refractivity contribution in [3.05, 3.63) is 68.0 Å². The van der Waals surface area contributed by atoms with E-state index < -0.39 is 21.8 Å². The van der Waals surface area contributed by atoms with Crippen molar-refractivity contribution in [1.29, 1.82) is 0 Å². The Kier molecular flexibility index (Phi) is 8.05. The highest BCUT2D eigenvalue weighted by atomic mass is 35.5. The molecule has 2 N–H and O–H groups in total. The van der Waals surface area contributed by atoms with Crippen LogP contribution in [0.25, 0.3) is 0 Å². The number of Topliss-reactive ketones (excluding diaryl/α,β-unsaturated/α-hetero) is 1. The Labute approximate surface area is 197 Å².